The molecule has 1 amide bonds. The second-order valence-corrected chi connectivity index (χ2v) is 9.03. The van der Waals surface area contributed by atoms with Gasteiger partial charge < -0.3 is 20.1 Å². The number of aromatic amines is 1. The Morgan fingerprint density at radius 3 is 2.56 bits per heavy atom. The van der Waals surface area contributed by atoms with Gasteiger partial charge in [0.15, 0.2) is 5.65 Å². The fourth-order valence-corrected chi connectivity index (χ4v) is 3.58. The van der Waals surface area contributed by atoms with E-state index in [0.29, 0.717) is 32.6 Å². The molecular weight excluding hydrogens is 455 g/mol. The van der Waals surface area contributed by atoms with Crippen molar-refractivity contribution in [2.75, 3.05) is 6.61 Å². The van der Waals surface area contributed by atoms with Gasteiger partial charge in [0.2, 0.25) is 11.8 Å². The minimum Gasteiger partial charge on any atom is -0.477 e. The number of nitrogens with one attached hydrogen (secondary N) is 2. The zero-order valence-electron chi connectivity index (χ0n) is 18.2. The third-order valence-corrected chi connectivity index (χ3v) is 5.55. The number of aromatic nitrogens is 3. The van der Waals surface area contributed by atoms with E-state index in [1.54, 1.807) is 19.1 Å². The van der Waals surface area contributed by atoms with Gasteiger partial charge in [0.1, 0.15) is 11.4 Å². The SMILES string of the molecule is CCOc1nc2nc(Cc3c(Cl)ccc(CNC(=O)C(C)(C)C)c3Cl)[nH]c2cc1C(=O)O. The van der Waals surface area contributed by atoms with Crippen molar-refractivity contribution in [1.82, 2.24) is 20.3 Å². The minimum absolute atomic E-state index is 0.0122. The molecular formula is C22H24Cl2N4O4. The van der Waals surface area contributed by atoms with E-state index in [2.05, 4.69) is 20.3 Å². The van der Waals surface area contributed by atoms with Crippen molar-refractivity contribution >= 4 is 46.2 Å². The molecule has 2 aromatic heterocycles. The Morgan fingerprint density at radius 2 is 1.94 bits per heavy atom. The highest BCUT2D eigenvalue weighted by Crippen LogP contribution is 2.31. The van der Waals surface area contributed by atoms with E-state index < -0.39 is 11.4 Å². The molecule has 0 fully saturated rings. The lowest BCUT2D eigenvalue weighted by Gasteiger charge is -2.18. The summed E-state index contributed by atoms with van der Waals surface area (Å²) in [5, 5.41) is 13.2. The van der Waals surface area contributed by atoms with Gasteiger partial charge in [-0.25, -0.2) is 9.78 Å². The van der Waals surface area contributed by atoms with E-state index in [9.17, 15) is 14.7 Å². The van der Waals surface area contributed by atoms with E-state index in [1.165, 1.54) is 6.07 Å². The summed E-state index contributed by atoms with van der Waals surface area (Å²) in [4.78, 5) is 35.4. The molecule has 0 aliphatic heterocycles. The van der Waals surface area contributed by atoms with Crippen LogP contribution in [-0.2, 0) is 17.8 Å². The van der Waals surface area contributed by atoms with Crippen LogP contribution in [0.25, 0.3) is 11.2 Å². The lowest BCUT2D eigenvalue weighted by molar-refractivity contribution is -0.128. The first-order chi connectivity index (χ1) is 15.0. The Labute approximate surface area is 195 Å². The predicted octanol–water partition coefficient (Wildman–Crippen LogP) is 4.61. The van der Waals surface area contributed by atoms with E-state index in [4.69, 9.17) is 27.9 Å². The van der Waals surface area contributed by atoms with Gasteiger partial charge >= 0.3 is 5.97 Å². The van der Waals surface area contributed by atoms with Gasteiger partial charge in [0.05, 0.1) is 17.1 Å². The number of imidazole rings is 1. The molecule has 0 spiro atoms. The summed E-state index contributed by atoms with van der Waals surface area (Å²) in [5.41, 5.74) is 1.58. The quantitative estimate of drug-likeness (QED) is 0.456. The molecule has 0 saturated carbocycles. The van der Waals surface area contributed by atoms with Crippen LogP contribution in [-0.4, -0.2) is 38.5 Å². The molecule has 0 saturated heterocycles. The summed E-state index contributed by atoms with van der Waals surface area (Å²) in [6, 6.07) is 4.93. The van der Waals surface area contributed by atoms with Gasteiger partial charge in [-0.3, -0.25) is 4.79 Å². The maximum Gasteiger partial charge on any atom is 0.341 e. The number of carbonyl (C=O) groups excluding carboxylic acids is 1. The van der Waals surface area contributed by atoms with Crippen LogP contribution in [0.1, 0.15) is 55.0 Å². The van der Waals surface area contributed by atoms with Crippen LogP contribution in [0.5, 0.6) is 5.88 Å². The lowest BCUT2D eigenvalue weighted by atomic mass is 9.95. The maximum atomic E-state index is 12.2. The number of halogens is 2. The number of hydrogen-bond acceptors (Lipinski definition) is 5. The van der Waals surface area contributed by atoms with Crippen molar-refractivity contribution in [1.29, 1.82) is 0 Å². The molecule has 8 nitrogen and oxygen atoms in total. The van der Waals surface area contributed by atoms with Crippen molar-refractivity contribution in [2.45, 2.75) is 40.7 Å². The molecule has 1 aromatic carbocycles. The average molecular weight is 479 g/mol. The monoisotopic (exact) mass is 478 g/mol. The van der Waals surface area contributed by atoms with Crippen molar-refractivity contribution in [2.24, 2.45) is 5.41 Å². The second-order valence-electron chi connectivity index (χ2n) is 8.24. The lowest BCUT2D eigenvalue weighted by Crippen LogP contribution is -2.34. The number of amides is 1. The van der Waals surface area contributed by atoms with Crippen molar-refractivity contribution < 1.29 is 19.4 Å². The van der Waals surface area contributed by atoms with E-state index in [-0.39, 0.29) is 36.9 Å². The summed E-state index contributed by atoms with van der Waals surface area (Å²) in [6.45, 7) is 7.79. The number of carboxylic acid groups (broad SMARTS) is 1. The number of fused-ring (bicyclic) bond motifs is 1. The molecule has 3 aromatic rings. The number of aromatic carboxylic acids is 1. The Kier molecular flexibility index (Phi) is 6.95. The van der Waals surface area contributed by atoms with Gasteiger partial charge in [-0.1, -0.05) is 50.0 Å². The fraction of sp³-hybridized carbons (Fsp3) is 0.364. The van der Waals surface area contributed by atoms with Crippen molar-refractivity contribution in [3.63, 3.8) is 0 Å². The van der Waals surface area contributed by atoms with Crippen LogP contribution in [0.3, 0.4) is 0 Å². The Morgan fingerprint density at radius 1 is 1.22 bits per heavy atom. The Hall–Kier alpha value is -2.84. The van der Waals surface area contributed by atoms with Crippen molar-refractivity contribution in [3.8, 4) is 5.88 Å². The first kappa shape index (κ1) is 23.8. The third-order valence-electron chi connectivity index (χ3n) is 4.73. The summed E-state index contributed by atoms with van der Waals surface area (Å²) >= 11 is 13.0. The van der Waals surface area contributed by atoms with Crippen LogP contribution >= 0.6 is 23.2 Å². The zero-order valence-corrected chi connectivity index (χ0v) is 19.7. The van der Waals surface area contributed by atoms with Crippen molar-refractivity contribution in [3.05, 3.63) is 50.8 Å². The smallest absolute Gasteiger partial charge is 0.341 e. The molecule has 2 heterocycles. The van der Waals surface area contributed by atoms with Gasteiger partial charge in [-0.05, 0) is 30.2 Å². The predicted molar refractivity (Wildman–Crippen MR) is 123 cm³/mol. The highest BCUT2D eigenvalue weighted by atomic mass is 35.5. The molecule has 0 bridgehead atoms. The number of hydrogen-bond donors (Lipinski definition) is 3. The molecule has 32 heavy (non-hydrogen) atoms. The van der Waals surface area contributed by atoms with E-state index in [1.807, 2.05) is 20.8 Å². The number of carboxylic acids is 1. The molecule has 3 rings (SSSR count). The van der Waals surface area contributed by atoms with Crippen LogP contribution < -0.4 is 10.1 Å². The van der Waals surface area contributed by atoms with E-state index in [0.717, 1.165) is 5.56 Å². The standard InChI is InChI=1S/C22H24Cl2N4O4/c1-5-32-19-13(20(29)30)8-15-18(28-19)27-16(26-15)9-12-14(23)7-6-11(17(12)24)10-25-21(31)22(2,3)4/h6-8H,5,9-10H2,1-4H3,(H,25,31)(H,29,30)(H,26,27,28). The van der Waals surface area contributed by atoms with Crippen LogP contribution in [0.15, 0.2) is 18.2 Å². The molecule has 0 unspecified atom stereocenters. The summed E-state index contributed by atoms with van der Waals surface area (Å²) < 4.78 is 5.34. The number of carbonyl (C=O) groups is 2. The highest BCUT2D eigenvalue weighted by molar-refractivity contribution is 6.36. The fourth-order valence-electron chi connectivity index (χ4n) is 3.01. The molecule has 0 atom stereocenters. The molecule has 10 heteroatoms. The average Bonchev–Trinajstić information content (AvgIpc) is 3.10. The van der Waals surface area contributed by atoms with Gasteiger partial charge in [-0.15, -0.1) is 0 Å². The minimum atomic E-state index is -1.14. The zero-order chi connectivity index (χ0) is 23.6. The third kappa shape index (κ3) is 5.14. The molecule has 0 aliphatic rings. The second kappa shape index (κ2) is 9.34. The number of ether oxygens (including phenoxy) is 1. The van der Waals surface area contributed by atoms with Gasteiger partial charge in [0, 0.05) is 23.4 Å². The summed E-state index contributed by atoms with van der Waals surface area (Å²) in [5.74, 6) is -0.710. The Bertz CT molecular complexity index is 1180. The summed E-state index contributed by atoms with van der Waals surface area (Å²) in [6.07, 6.45) is 0.265. The first-order valence-corrected chi connectivity index (χ1v) is 10.8. The topological polar surface area (TPSA) is 117 Å². The van der Waals surface area contributed by atoms with Gasteiger partial charge in [0.25, 0.3) is 0 Å². The van der Waals surface area contributed by atoms with E-state index >= 15 is 0 Å². The van der Waals surface area contributed by atoms with Gasteiger partial charge in [-0.2, -0.15) is 4.98 Å². The molecule has 0 radical (unpaired) electrons. The maximum absolute atomic E-state index is 12.2. The summed E-state index contributed by atoms with van der Waals surface area (Å²) in [7, 11) is 0. The number of benzene rings is 1. The normalized spacial score (nSPS) is 11.6. The Balaban J connectivity index is 1.91. The van der Waals surface area contributed by atoms with Crippen LogP contribution in [0, 0.1) is 5.41 Å². The van der Waals surface area contributed by atoms with Crippen LogP contribution in [0.2, 0.25) is 10.0 Å². The largest absolute Gasteiger partial charge is 0.477 e. The first-order valence-electron chi connectivity index (χ1n) is 10.0. The molecule has 3 N–H and O–H groups in total. The number of H-pyrrole nitrogens is 1. The van der Waals surface area contributed by atoms with Crippen LogP contribution in [0.4, 0.5) is 0 Å². The molecule has 170 valence electrons. The molecule has 0 aliphatic carbocycles. The number of rotatable bonds is 7. The number of nitrogens with zero attached hydrogens (tertiary/aromatic N) is 2. The number of pyridine rings is 1. The highest BCUT2D eigenvalue weighted by Gasteiger charge is 2.22.